The van der Waals surface area contributed by atoms with Crippen molar-refractivity contribution >= 4 is 0 Å². The van der Waals surface area contributed by atoms with Gasteiger partial charge in [-0.2, -0.15) is 0 Å². The number of nitrogens with one attached hydrogen (secondary N) is 1. The molecule has 0 unspecified atom stereocenters. The summed E-state index contributed by atoms with van der Waals surface area (Å²) in [7, 11) is 0. The van der Waals surface area contributed by atoms with Crippen molar-refractivity contribution in [2.75, 3.05) is 0 Å². The van der Waals surface area contributed by atoms with Gasteiger partial charge in [-0.25, -0.2) is 0 Å². The zero-order valence-electron chi connectivity index (χ0n) is 6.27. The normalized spacial score (nSPS) is 9.80. The molecule has 0 radical (unpaired) electrons. The van der Waals surface area contributed by atoms with Crippen molar-refractivity contribution in [3.63, 3.8) is 0 Å². The standard InChI is InChI=1S/C8H11NO/c1-3-7-6(2)4-5-8(10)9-7/h4-5H,3H2,1-2H3,(H,9,10). The summed E-state index contributed by atoms with van der Waals surface area (Å²) < 4.78 is 0. The highest BCUT2D eigenvalue weighted by molar-refractivity contribution is 5.17. The molecule has 2 heteroatoms. The summed E-state index contributed by atoms with van der Waals surface area (Å²) in [4.78, 5) is 13.5. The number of hydrogen-bond acceptors (Lipinski definition) is 1. The van der Waals surface area contributed by atoms with Gasteiger partial charge in [0.05, 0.1) is 0 Å². The second kappa shape index (κ2) is 2.69. The van der Waals surface area contributed by atoms with Gasteiger partial charge in [0.2, 0.25) is 5.56 Å². The molecule has 0 bridgehead atoms. The molecular formula is C8H11NO. The SMILES string of the molecule is CCc1[nH]c(=O)ccc1C. The van der Waals surface area contributed by atoms with Gasteiger partial charge >= 0.3 is 0 Å². The van der Waals surface area contributed by atoms with Crippen molar-refractivity contribution in [2.24, 2.45) is 0 Å². The van der Waals surface area contributed by atoms with Crippen LogP contribution in [0, 0.1) is 6.92 Å². The summed E-state index contributed by atoms with van der Waals surface area (Å²) in [5.74, 6) is 0. The Morgan fingerprint density at radius 1 is 1.50 bits per heavy atom. The van der Waals surface area contributed by atoms with Gasteiger partial charge in [0.25, 0.3) is 0 Å². The first-order chi connectivity index (χ1) is 4.74. The Labute approximate surface area is 59.9 Å². The Bertz CT molecular complexity index is 275. The van der Waals surface area contributed by atoms with Crippen LogP contribution in [-0.2, 0) is 6.42 Å². The molecule has 0 amide bonds. The minimum absolute atomic E-state index is 0.0116. The minimum atomic E-state index is -0.0116. The van der Waals surface area contributed by atoms with Crippen LogP contribution in [-0.4, -0.2) is 4.98 Å². The van der Waals surface area contributed by atoms with E-state index in [4.69, 9.17) is 0 Å². The van der Waals surface area contributed by atoms with Crippen LogP contribution >= 0.6 is 0 Å². The Morgan fingerprint density at radius 2 is 2.20 bits per heavy atom. The molecule has 1 N–H and O–H groups in total. The largest absolute Gasteiger partial charge is 0.326 e. The molecule has 54 valence electrons. The van der Waals surface area contributed by atoms with Crippen LogP contribution in [0.4, 0.5) is 0 Å². The van der Waals surface area contributed by atoms with Gasteiger partial charge in [-0.05, 0) is 18.9 Å². The summed E-state index contributed by atoms with van der Waals surface area (Å²) >= 11 is 0. The molecule has 0 saturated heterocycles. The van der Waals surface area contributed by atoms with E-state index in [1.165, 1.54) is 0 Å². The second-order valence-corrected chi connectivity index (χ2v) is 2.34. The topological polar surface area (TPSA) is 32.9 Å². The Balaban J connectivity index is 3.22. The van der Waals surface area contributed by atoms with Crippen molar-refractivity contribution in [2.45, 2.75) is 20.3 Å². The number of hydrogen-bond donors (Lipinski definition) is 1. The summed E-state index contributed by atoms with van der Waals surface area (Å²) in [5, 5.41) is 0. The third kappa shape index (κ3) is 1.26. The molecule has 2 nitrogen and oxygen atoms in total. The van der Waals surface area contributed by atoms with Gasteiger partial charge in [-0.3, -0.25) is 4.79 Å². The number of pyridine rings is 1. The highest BCUT2D eigenvalue weighted by atomic mass is 16.1. The van der Waals surface area contributed by atoms with Crippen LogP contribution in [0.1, 0.15) is 18.2 Å². The van der Waals surface area contributed by atoms with E-state index in [0.717, 1.165) is 17.7 Å². The molecule has 0 fully saturated rings. The molecule has 1 rings (SSSR count). The van der Waals surface area contributed by atoms with Gasteiger partial charge in [0.15, 0.2) is 0 Å². The average molecular weight is 137 g/mol. The molecular weight excluding hydrogens is 126 g/mol. The fourth-order valence-corrected chi connectivity index (χ4v) is 0.957. The summed E-state index contributed by atoms with van der Waals surface area (Å²) in [6.45, 7) is 4.02. The molecule has 0 aliphatic heterocycles. The number of rotatable bonds is 1. The number of aromatic nitrogens is 1. The molecule has 0 spiro atoms. The lowest BCUT2D eigenvalue weighted by atomic mass is 10.2. The predicted molar refractivity (Wildman–Crippen MR) is 41.2 cm³/mol. The first-order valence-corrected chi connectivity index (χ1v) is 3.43. The monoisotopic (exact) mass is 137 g/mol. The van der Waals surface area contributed by atoms with Gasteiger partial charge in [-0.1, -0.05) is 13.0 Å². The molecule has 1 heterocycles. The smallest absolute Gasteiger partial charge is 0.248 e. The summed E-state index contributed by atoms with van der Waals surface area (Å²) in [6, 6.07) is 3.40. The molecule has 0 aliphatic rings. The van der Waals surface area contributed by atoms with E-state index in [1.54, 1.807) is 6.07 Å². The van der Waals surface area contributed by atoms with E-state index < -0.39 is 0 Å². The lowest BCUT2D eigenvalue weighted by Crippen LogP contribution is -2.07. The van der Waals surface area contributed by atoms with Crippen molar-refractivity contribution < 1.29 is 0 Å². The maximum Gasteiger partial charge on any atom is 0.248 e. The van der Waals surface area contributed by atoms with Crippen molar-refractivity contribution in [1.29, 1.82) is 0 Å². The molecule has 0 aromatic carbocycles. The second-order valence-electron chi connectivity index (χ2n) is 2.34. The molecule has 0 aliphatic carbocycles. The fourth-order valence-electron chi connectivity index (χ4n) is 0.957. The van der Waals surface area contributed by atoms with Gasteiger partial charge in [-0.15, -0.1) is 0 Å². The highest BCUT2D eigenvalue weighted by Gasteiger charge is 1.93. The zero-order valence-corrected chi connectivity index (χ0v) is 6.27. The van der Waals surface area contributed by atoms with E-state index >= 15 is 0 Å². The molecule has 0 atom stereocenters. The van der Waals surface area contributed by atoms with Crippen molar-refractivity contribution in [3.8, 4) is 0 Å². The van der Waals surface area contributed by atoms with Gasteiger partial charge < -0.3 is 4.98 Å². The van der Waals surface area contributed by atoms with E-state index in [2.05, 4.69) is 4.98 Å². The van der Waals surface area contributed by atoms with Crippen LogP contribution in [0.2, 0.25) is 0 Å². The quantitative estimate of drug-likeness (QED) is 0.620. The molecule has 10 heavy (non-hydrogen) atoms. The maximum atomic E-state index is 10.7. The minimum Gasteiger partial charge on any atom is -0.326 e. The van der Waals surface area contributed by atoms with Crippen LogP contribution in [0.15, 0.2) is 16.9 Å². The number of aromatic amines is 1. The first-order valence-electron chi connectivity index (χ1n) is 3.43. The lowest BCUT2D eigenvalue weighted by Gasteiger charge is -1.98. The van der Waals surface area contributed by atoms with Crippen LogP contribution < -0.4 is 5.56 Å². The fraction of sp³-hybridized carbons (Fsp3) is 0.375. The van der Waals surface area contributed by atoms with E-state index in [9.17, 15) is 4.79 Å². The lowest BCUT2D eigenvalue weighted by molar-refractivity contribution is 0.986. The maximum absolute atomic E-state index is 10.7. The first kappa shape index (κ1) is 7.06. The van der Waals surface area contributed by atoms with Crippen LogP contribution in [0.25, 0.3) is 0 Å². The average Bonchev–Trinajstić information content (AvgIpc) is 1.94. The third-order valence-corrected chi connectivity index (χ3v) is 1.59. The zero-order chi connectivity index (χ0) is 7.56. The van der Waals surface area contributed by atoms with Crippen LogP contribution in [0.5, 0.6) is 0 Å². The van der Waals surface area contributed by atoms with Crippen molar-refractivity contribution in [3.05, 3.63) is 33.7 Å². The van der Waals surface area contributed by atoms with Crippen molar-refractivity contribution in [1.82, 2.24) is 4.98 Å². The Morgan fingerprint density at radius 3 is 2.70 bits per heavy atom. The summed E-state index contributed by atoms with van der Waals surface area (Å²) in [6.07, 6.45) is 0.891. The number of H-pyrrole nitrogens is 1. The van der Waals surface area contributed by atoms with Gasteiger partial charge in [0.1, 0.15) is 0 Å². The predicted octanol–water partition coefficient (Wildman–Crippen LogP) is 1.25. The Kier molecular flexibility index (Phi) is 1.90. The van der Waals surface area contributed by atoms with E-state index in [-0.39, 0.29) is 5.56 Å². The molecule has 1 aromatic heterocycles. The van der Waals surface area contributed by atoms with Gasteiger partial charge in [0, 0.05) is 11.8 Å². The summed E-state index contributed by atoms with van der Waals surface area (Å²) in [5.41, 5.74) is 2.18. The highest BCUT2D eigenvalue weighted by Crippen LogP contribution is 1.99. The van der Waals surface area contributed by atoms with E-state index in [1.807, 2.05) is 19.9 Å². The molecule has 0 saturated carbocycles. The van der Waals surface area contributed by atoms with Crippen LogP contribution in [0.3, 0.4) is 0 Å². The van der Waals surface area contributed by atoms with E-state index in [0.29, 0.717) is 0 Å². The Hall–Kier alpha value is -1.05. The third-order valence-electron chi connectivity index (χ3n) is 1.59. The molecule has 1 aromatic rings. The number of aryl methyl sites for hydroxylation is 2.